The molecule has 2 aromatic carbocycles. The van der Waals surface area contributed by atoms with Crippen molar-refractivity contribution in [2.24, 2.45) is 0 Å². The maximum atomic E-state index is 12.1. The third-order valence-corrected chi connectivity index (χ3v) is 6.91. The van der Waals surface area contributed by atoms with Gasteiger partial charge in [-0.3, -0.25) is 4.79 Å². The molecular weight excluding hydrogens is 472 g/mol. The lowest BCUT2D eigenvalue weighted by Crippen LogP contribution is -2.14. The van der Waals surface area contributed by atoms with Gasteiger partial charge in [-0.15, -0.1) is 21.5 Å². The zero-order valence-corrected chi connectivity index (χ0v) is 18.7. The van der Waals surface area contributed by atoms with Crippen LogP contribution in [0, 0.1) is 6.92 Å². The Kier molecular flexibility index (Phi) is 6.27. The average molecular weight is 489 g/mol. The van der Waals surface area contributed by atoms with Gasteiger partial charge in [-0.2, -0.15) is 0 Å². The average Bonchev–Trinajstić information content (AvgIpc) is 3.34. The molecule has 0 saturated carbocycles. The van der Waals surface area contributed by atoms with Crippen molar-refractivity contribution in [3.05, 3.63) is 63.4 Å². The van der Waals surface area contributed by atoms with Crippen molar-refractivity contribution in [1.29, 1.82) is 0 Å². The first-order valence-corrected chi connectivity index (χ1v) is 11.5. The summed E-state index contributed by atoms with van der Waals surface area (Å²) in [6.45, 7) is 1.97. The SMILES string of the molecule is Cc1cc(NC(=O)CSc2nnc(CCc3nc4ccccc4s3)o2)ccc1Br. The van der Waals surface area contributed by atoms with Crippen molar-refractivity contribution < 1.29 is 9.21 Å². The molecule has 0 atom stereocenters. The summed E-state index contributed by atoms with van der Waals surface area (Å²) in [5.41, 5.74) is 2.84. The molecule has 2 aromatic heterocycles. The monoisotopic (exact) mass is 488 g/mol. The van der Waals surface area contributed by atoms with E-state index in [2.05, 4.69) is 42.5 Å². The van der Waals surface area contributed by atoms with Gasteiger partial charge < -0.3 is 9.73 Å². The Balaban J connectivity index is 1.27. The predicted octanol–water partition coefficient (Wildman–Crippen LogP) is 5.27. The van der Waals surface area contributed by atoms with E-state index in [4.69, 9.17) is 4.42 Å². The third-order valence-electron chi connectivity index (χ3n) is 4.11. The number of anilines is 1. The van der Waals surface area contributed by atoms with Gasteiger partial charge >= 0.3 is 0 Å². The molecule has 6 nitrogen and oxygen atoms in total. The zero-order chi connectivity index (χ0) is 20.2. The zero-order valence-electron chi connectivity index (χ0n) is 15.5. The van der Waals surface area contributed by atoms with Crippen molar-refractivity contribution in [3.63, 3.8) is 0 Å². The Hall–Kier alpha value is -2.23. The third kappa shape index (κ3) is 5.23. The molecule has 0 fully saturated rings. The molecular formula is C20H17BrN4O2S2. The molecule has 0 spiro atoms. The normalized spacial score (nSPS) is 11.1. The summed E-state index contributed by atoms with van der Waals surface area (Å²) in [6.07, 6.45) is 1.37. The standard InChI is InChI=1S/C20H17BrN4O2S2/c1-12-10-13(6-7-14(12)21)22-17(26)11-28-20-25-24-18(27-20)8-9-19-23-15-4-2-3-5-16(15)29-19/h2-7,10H,8-9,11H2,1H3,(H,22,26). The molecule has 1 N–H and O–H groups in total. The number of aryl methyl sites for hydroxylation is 3. The minimum absolute atomic E-state index is 0.119. The quantitative estimate of drug-likeness (QED) is 0.357. The lowest BCUT2D eigenvalue weighted by atomic mass is 10.2. The minimum atomic E-state index is -0.119. The number of para-hydroxylation sites is 1. The van der Waals surface area contributed by atoms with Gasteiger partial charge in [0.15, 0.2) is 0 Å². The van der Waals surface area contributed by atoms with Crippen molar-refractivity contribution in [3.8, 4) is 0 Å². The number of halogens is 1. The van der Waals surface area contributed by atoms with Gasteiger partial charge in [-0.25, -0.2) is 4.98 Å². The summed E-state index contributed by atoms with van der Waals surface area (Å²) in [7, 11) is 0. The van der Waals surface area contributed by atoms with Gasteiger partial charge in [0.05, 0.1) is 21.0 Å². The summed E-state index contributed by atoms with van der Waals surface area (Å²) >= 11 is 6.35. The molecule has 1 amide bonds. The van der Waals surface area contributed by atoms with E-state index < -0.39 is 0 Å². The van der Waals surface area contributed by atoms with Gasteiger partial charge in [-0.05, 0) is 42.8 Å². The maximum absolute atomic E-state index is 12.1. The van der Waals surface area contributed by atoms with E-state index in [0.29, 0.717) is 17.5 Å². The van der Waals surface area contributed by atoms with Crippen LogP contribution in [0.2, 0.25) is 0 Å². The number of nitrogens with one attached hydrogen (secondary N) is 1. The molecule has 0 radical (unpaired) electrons. The smallest absolute Gasteiger partial charge is 0.277 e. The Morgan fingerprint density at radius 2 is 2.07 bits per heavy atom. The summed E-state index contributed by atoms with van der Waals surface area (Å²) in [5.74, 6) is 0.635. The highest BCUT2D eigenvalue weighted by Crippen LogP contribution is 2.24. The van der Waals surface area contributed by atoms with E-state index in [1.165, 1.54) is 16.5 Å². The molecule has 0 bridgehead atoms. The number of carbonyl (C=O) groups excluding carboxylic acids is 1. The fourth-order valence-electron chi connectivity index (χ4n) is 2.69. The molecule has 0 aliphatic heterocycles. The van der Waals surface area contributed by atoms with Gasteiger partial charge in [0, 0.05) is 23.0 Å². The molecule has 4 rings (SSSR count). The van der Waals surface area contributed by atoms with E-state index in [0.717, 1.165) is 32.7 Å². The largest absolute Gasteiger partial charge is 0.416 e. The van der Waals surface area contributed by atoms with E-state index in [9.17, 15) is 4.79 Å². The number of thiazole rings is 1. The van der Waals surface area contributed by atoms with Gasteiger partial charge in [0.1, 0.15) is 0 Å². The highest BCUT2D eigenvalue weighted by atomic mass is 79.9. The predicted molar refractivity (Wildman–Crippen MR) is 120 cm³/mol. The molecule has 148 valence electrons. The number of rotatable bonds is 7. The Morgan fingerprint density at radius 1 is 1.21 bits per heavy atom. The van der Waals surface area contributed by atoms with Crippen LogP contribution in [0.1, 0.15) is 16.5 Å². The van der Waals surface area contributed by atoms with Crippen LogP contribution in [0.15, 0.2) is 56.6 Å². The van der Waals surface area contributed by atoms with Gasteiger partial charge in [0.2, 0.25) is 11.8 Å². The molecule has 29 heavy (non-hydrogen) atoms. The minimum Gasteiger partial charge on any atom is -0.416 e. The molecule has 0 aliphatic rings. The summed E-state index contributed by atoms with van der Waals surface area (Å²) in [4.78, 5) is 16.8. The van der Waals surface area contributed by atoms with Crippen LogP contribution in [-0.4, -0.2) is 26.8 Å². The van der Waals surface area contributed by atoms with Crippen LogP contribution in [0.4, 0.5) is 5.69 Å². The second-order valence-corrected chi connectivity index (χ2v) is 9.23. The number of nitrogens with zero attached hydrogens (tertiary/aromatic N) is 3. The maximum Gasteiger partial charge on any atom is 0.277 e. The van der Waals surface area contributed by atoms with Gasteiger partial charge in [0.25, 0.3) is 5.22 Å². The van der Waals surface area contributed by atoms with Crippen LogP contribution < -0.4 is 5.32 Å². The number of thioether (sulfide) groups is 1. The second-order valence-electron chi connectivity index (χ2n) is 6.34. The van der Waals surface area contributed by atoms with Crippen LogP contribution in [0.5, 0.6) is 0 Å². The molecule has 0 unspecified atom stereocenters. The molecule has 4 aromatic rings. The number of benzene rings is 2. The highest BCUT2D eigenvalue weighted by molar-refractivity contribution is 9.10. The highest BCUT2D eigenvalue weighted by Gasteiger charge is 2.12. The van der Waals surface area contributed by atoms with Crippen LogP contribution in [0.3, 0.4) is 0 Å². The Morgan fingerprint density at radius 3 is 2.90 bits per heavy atom. The van der Waals surface area contributed by atoms with Crippen molar-refractivity contribution in [2.75, 3.05) is 11.1 Å². The molecule has 0 aliphatic carbocycles. The molecule has 2 heterocycles. The summed E-state index contributed by atoms with van der Waals surface area (Å²) in [5, 5.41) is 12.4. The van der Waals surface area contributed by atoms with E-state index in [1.807, 2.05) is 43.3 Å². The number of aromatic nitrogens is 3. The second kappa shape index (κ2) is 9.06. The fourth-order valence-corrected chi connectivity index (χ4v) is 4.48. The number of fused-ring (bicyclic) bond motifs is 1. The number of carbonyl (C=O) groups is 1. The summed E-state index contributed by atoms with van der Waals surface area (Å²) in [6, 6.07) is 13.8. The lowest BCUT2D eigenvalue weighted by molar-refractivity contribution is -0.113. The first-order valence-electron chi connectivity index (χ1n) is 8.92. The van der Waals surface area contributed by atoms with E-state index in [-0.39, 0.29) is 11.7 Å². The Bertz CT molecular complexity index is 1130. The van der Waals surface area contributed by atoms with Crippen LogP contribution in [-0.2, 0) is 17.6 Å². The van der Waals surface area contributed by atoms with Gasteiger partial charge in [-0.1, -0.05) is 39.8 Å². The number of hydrogen-bond donors (Lipinski definition) is 1. The first kappa shape index (κ1) is 20.1. The van der Waals surface area contributed by atoms with Crippen molar-refractivity contribution >= 4 is 60.8 Å². The van der Waals surface area contributed by atoms with E-state index >= 15 is 0 Å². The number of amides is 1. The number of hydrogen-bond acceptors (Lipinski definition) is 7. The van der Waals surface area contributed by atoms with Crippen molar-refractivity contribution in [1.82, 2.24) is 15.2 Å². The first-order chi connectivity index (χ1) is 14.1. The Labute approximate surface area is 184 Å². The van der Waals surface area contributed by atoms with Crippen LogP contribution in [0.25, 0.3) is 10.2 Å². The fraction of sp³-hybridized carbons (Fsp3) is 0.200. The van der Waals surface area contributed by atoms with Crippen LogP contribution >= 0.6 is 39.0 Å². The lowest BCUT2D eigenvalue weighted by Gasteiger charge is -2.06. The molecule has 9 heteroatoms. The topological polar surface area (TPSA) is 80.9 Å². The van der Waals surface area contributed by atoms with Crippen molar-refractivity contribution in [2.45, 2.75) is 25.0 Å². The summed E-state index contributed by atoms with van der Waals surface area (Å²) < 4.78 is 7.83. The van der Waals surface area contributed by atoms with E-state index in [1.54, 1.807) is 11.3 Å². The molecule has 0 saturated heterocycles.